The molecule has 0 unspecified atom stereocenters. The van der Waals surface area contributed by atoms with Gasteiger partial charge in [-0.1, -0.05) is 35.3 Å². The van der Waals surface area contributed by atoms with E-state index in [9.17, 15) is 18.0 Å². The minimum Gasteiger partial charge on any atom is -0.452 e. The van der Waals surface area contributed by atoms with Crippen LogP contribution in [0, 0.1) is 0 Å². The number of ether oxygens (including phenoxy) is 1. The summed E-state index contributed by atoms with van der Waals surface area (Å²) in [6, 6.07) is 10.1. The number of hydrogen-bond acceptors (Lipinski definition) is 5. The molecule has 0 aromatic heterocycles. The lowest BCUT2D eigenvalue weighted by Crippen LogP contribution is -2.25. The van der Waals surface area contributed by atoms with Crippen LogP contribution < -0.4 is 10.0 Å². The number of carbonyl (C=O) groups is 2. The molecule has 2 aromatic carbocycles. The van der Waals surface area contributed by atoms with Crippen molar-refractivity contribution in [3.05, 3.63) is 63.6 Å². The number of nitrogens with one attached hydrogen (secondary N) is 2. The predicted molar refractivity (Wildman–Crippen MR) is 101 cm³/mol. The van der Waals surface area contributed by atoms with Gasteiger partial charge in [0.2, 0.25) is 10.0 Å². The standard InChI is InChI=1S/C17H16Cl2N2O5S/c1-20-16(22)10-26-17(23)12-4-2-11(3-5-12)9-21-27(24,25)13-6-7-14(18)15(19)8-13/h2-8,21H,9-10H2,1H3,(H,20,22). The van der Waals surface area contributed by atoms with Crippen LogP contribution >= 0.6 is 23.2 Å². The Labute approximate surface area is 166 Å². The minimum absolute atomic E-state index is 0.00806. The topological polar surface area (TPSA) is 102 Å². The first-order valence-corrected chi connectivity index (χ1v) is 9.88. The molecule has 144 valence electrons. The summed E-state index contributed by atoms with van der Waals surface area (Å²) in [5.41, 5.74) is 0.872. The fourth-order valence-electron chi connectivity index (χ4n) is 1.95. The van der Waals surface area contributed by atoms with Crippen LogP contribution in [-0.4, -0.2) is 33.9 Å². The molecule has 0 fully saturated rings. The van der Waals surface area contributed by atoms with Gasteiger partial charge in [-0.25, -0.2) is 17.9 Å². The van der Waals surface area contributed by atoms with Crippen molar-refractivity contribution >= 4 is 45.1 Å². The summed E-state index contributed by atoms with van der Waals surface area (Å²) in [5, 5.41) is 2.73. The Morgan fingerprint density at radius 1 is 1.04 bits per heavy atom. The van der Waals surface area contributed by atoms with Crippen LogP contribution in [0.3, 0.4) is 0 Å². The van der Waals surface area contributed by atoms with Crippen molar-refractivity contribution in [2.45, 2.75) is 11.4 Å². The van der Waals surface area contributed by atoms with E-state index in [0.29, 0.717) is 5.56 Å². The molecule has 10 heteroatoms. The van der Waals surface area contributed by atoms with Crippen LogP contribution in [0.4, 0.5) is 0 Å². The molecule has 2 N–H and O–H groups in total. The molecule has 2 aromatic rings. The Morgan fingerprint density at radius 3 is 2.30 bits per heavy atom. The second kappa shape index (κ2) is 9.18. The normalized spacial score (nSPS) is 11.1. The third kappa shape index (κ3) is 5.93. The second-order valence-corrected chi connectivity index (χ2v) is 7.93. The molecule has 0 radical (unpaired) electrons. The van der Waals surface area contributed by atoms with Crippen molar-refractivity contribution in [2.24, 2.45) is 0 Å². The average molecular weight is 431 g/mol. The maximum atomic E-state index is 12.3. The van der Waals surface area contributed by atoms with Crippen molar-refractivity contribution < 1.29 is 22.7 Å². The lowest BCUT2D eigenvalue weighted by atomic mass is 10.1. The SMILES string of the molecule is CNC(=O)COC(=O)c1ccc(CNS(=O)(=O)c2ccc(Cl)c(Cl)c2)cc1. The van der Waals surface area contributed by atoms with Crippen molar-refractivity contribution in [3.8, 4) is 0 Å². The lowest BCUT2D eigenvalue weighted by molar-refractivity contribution is -0.123. The summed E-state index contributed by atoms with van der Waals surface area (Å²) >= 11 is 11.6. The monoisotopic (exact) mass is 430 g/mol. The van der Waals surface area contributed by atoms with E-state index in [-0.39, 0.29) is 33.7 Å². The van der Waals surface area contributed by atoms with E-state index < -0.39 is 21.9 Å². The van der Waals surface area contributed by atoms with Gasteiger partial charge in [-0.15, -0.1) is 0 Å². The van der Waals surface area contributed by atoms with Crippen LogP contribution in [-0.2, 0) is 26.1 Å². The van der Waals surface area contributed by atoms with Gasteiger partial charge in [0.15, 0.2) is 6.61 Å². The fraction of sp³-hybridized carbons (Fsp3) is 0.176. The molecule has 0 atom stereocenters. The summed E-state index contributed by atoms with van der Waals surface area (Å²) in [5.74, 6) is -1.07. The van der Waals surface area contributed by atoms with E-state index in [0.717, 1.165) is 0 Å². The Morgan fingerprint density at radius 2 is 1.70 bits per heavy atom. The maximum Gasteiger partial charge on any atom is 0.338 e. The number of halogens is 2. The van der Waals surface area contributed by atoms with Crippen LogP contribution in [0.5, 0.6) is 0 Å². The van der Waals surface area contributed by atoms with E-state index in [1.165, 1.54) is 37.4 Å². The smallest absolute Gasteiger partial charge is 0.338 e. The van der Waals surface area contributed by atoms with E-state index in [1.807, 2.05) is 0 Å². The van der Waals surface area contributed by atoms with Gasteiger partial charge in [0, 0.05) is 13.6 Å². The number of sulfonamides is 1. The molecular formula is C17H16Cl2N2O5S. The van der Waals surface area contributed by atoms with Gasteiger partial charge >= 0.3 is 5.97 Å². The molecule has 0 aliphatic rings. The van der Waals surface area contributed by atoms with Gasteiger partial charge in [-0.2, -0.15) is 0 Å². The molecule has 0 aliphatic carbocycles. The molecule has 0 saturated heterocycles. The van der Waals surface area contributed by atoms with Crippen molar-refractivity contribution in [1.82, 2.24) is 10.0 Å². The number of amides is 1. The van der Waals surface area contributed by atoms with Crippen LogP contribution in [0.25, 0.3) is 0 Å². The van der Waals surface area contributed by atoms with Gasteiger partial charge in [0.1, 0.15) is 0 Å². The lowest BCUT2D eigenvalue weighted by Gasteiger charge is -2.09. The summed E-state index contributed by atoms with van der Waals surface area (Å²) in [7, 11) is -2.34. The van der Waals surface area contributed by atoms with E-state index in [1.54, 1.807) is 12.1 Å². The van der Waals surface area contributed by atoms with Gasteiger partial charge in [0.25, 0.3) is 5.91 Å². The Kier molecular flexibility index (Phi) is 7.20. The molecule has 2 rings (SSSR count). The zero-order valence-corrected chi connectivity index (χ0v) is 16.5. The molecular weight excluding hydrogens is 415 g/mol. The van der Waals surface area contributed by atoms with Gasteiger partial charge in [-0.05, 0) is 35.9 Å². The Bertz CT molecular complexity index is 946. The third-order valence-corrected chi connectivity index (χ3v) is 5.61. The molecule has 0 saturated carbocycles. The maximum absolute atomic E-state index is 12.3. The Balaban J connectivity index is 1.99. The van der Waals surface area contributed by atoms with Gasteiger partial charge in [0.05, 0.1) is 20.5 Å². The third-order valence-electron chi connectivity index (χ3n) is 3.47. The van der Waals surface area contributed by atoms with E-state index in [4.69, 9.17) is 27.9 Å². The van der Waals surface area contributed by atoms with E-state index in [2.05, 4.69) is 10.0 Å². The van der Waals surface area contributed by atoms with Crippen molar-refractivity contribution in [2.75, 3.05) is 13.7 Å². The summed E-state index contributed by atoms with van der Waals surface area (Å²) < 4.78 is 31.9. The number of carbonyl (C=O) groups excluding carboxylic acids is 2. The average Bonchev–Trinajstić information content (AvgIpc) is 2.66. The zero-order valence-electron chi connectivity index (χ0n) is 14.2. The van der Waals surface area contributed by atoms with Crippen LogP contribution in [0.2, 0.25) is 10.0 Å². The first kappa shape index (κ1) is 21.2. The molecule has 1 amide bonds. The predicted octanol–water partition coefficient (Wildman–Crippen LogP) is 2.37. The highest BCUT2D eigenvalue weighted by atomic mass is 35.5. The molecule has 27 heavy (non-hydrogen) atoms. The highest BCUT2D eigenvalue weighted by molar-refractivity contribution is 7.89. The quantitative estimate of drug-likeness (QED) is 0.656. The first-order chi connectivity index (χ1) is 12.7. The van der Waals surface area contributed by atoms with Crippen molar-refractivity contribution in [1.29, 1.82) is 0 Å². The number of hydrogen-bond donors (Lipinski definition) is 2. The van der Waals surface area contributed by atoms with E-state index >= 15 is 0 Å². The minimum atomic E-state index is -3.77. The highest BCUT2D eigenvalue weighted by Gasteiger charge is 2.15. The van der Waals surface area contributed by atoms with Crippen LogP contribution in [0.1, 0.15) is 15.9 Å². The molecule has 0 aliphatic heterocycles. The summed E-state index contributed by atoms with van der Waals surface area (Å²) in [6.07, 6.45) is 0. The summed E-state index contributed by atoms with van der Waals surface area (Å²) in [4.78, 5) is 22.9. The number of rotatable bonds is 7. The first-order valence-electron chi connectivity index (χ1n) is 7.64. The zero-order chi connectivity index (χ0) is 20.0. The molecule has 7 nitrogen and oxygen atoms in total. The largest absolute Gasteiger partial charge is 0.452 e. The van der Waals surface area contributed by atoms with Gasteiger partial charge < -0.3 is 10.1 Å². The van der Waals surface area contributed by atoms with Crippen molar-refractivity contribution in [3.63, 3.8) is 0 Å². The second-order valence-electron chi connectivity index (χ2n) is 5.35. The molecule has 0 heterocycles. The highest BCUT2D eigenvalue weighted by Crippen LogP contribution is 2.24. The molecule has 0 spiro atoms. The molecule has 0 bridgehead atoms. The van der Waals surface area contributed by atoms with Gasteiger partial charge in [-0.3, -0.25) is 4.79 Å². The number of likely N-dealkylation sites (N-methyl/N-ethyl adjacent to an activating group) is 1. The fourth-order valence-corrected chi connectivity index (χ4v) is 3.36. The Hall–Kier alpha value is -2.13. The number of esters is 1. The summed E-state index contributed by atoms with van der Waals surface area (Å²) in [6.45, 7) is -0.364. The number of benzene rings is 2. The van der Waals surface area contributed by atoms with Crippen LogP contribution in [0.15, 0.2) is 47.4 Å².